The van der Waals surface area contributed by atoms with Crippen molar-refractivity contribution >= 4 is 23.1 Å². The largest absolute Gasteiger partial charge is 0.496 e. The molecular weight excluding hydrogens is 400 g/mol. The van der Waals surface area contributed by atoms with Gasteiger partial charge >= 0.3 is 0 Å². The lowest BCUT2D eigenvalue weighted by Gasteiger charge is -2.25. The van der Waals surface area contributed by atoms with Crippen molar-refractivity contribution in [1.29, 1.82) is 0 Å². The van der Waals surface area contributed by atoms with Crippen LogP contribution in [0.25, 0.3) is 0 Å². The maximum Gasteiger partial charge on any atom is 0.227 e. The fourth-order valence-corrected chi connectivity index (χ4v) is 4.29. The second kappa shape index (κ2) is 11.7. The van der Waals surface area contributed by atoms with Crippen LogP contribution in [0, 0.1) is 25.7 Å². The normalized spacial score (nSPS) is 17.7. The maximum atomic E-state index is 12.2. The van der Waals surface area contributed by atoms with Gasteiger partial charge in [-0.2, -0.15) is 0 Å². The number of amides is 1. The highest BCUT2D eigenvalue weighted by Gasteiger charge is 2.24. The van der Waals surface area contributed by atoms with Gasteiger partial charge in [-0.15, -0.1) is 0 Å². The quantitative estimate of drug-likeness (QED) is 0.436. The molecule has 0 aromatic heterocycles. The van der Waals surface area contributed by atoms with Crippen LogP contribution in [0.1, 0.15) is 73.5 Å². The van der Waals surface area contributed by atoms with Gasteiger partial charge in [-0.3, -0.25) is 9.59 Å². The van der Waals surface area contributed by atoms with Crippen LogP contribution in [0.15, 0.2) is 30.3 Å². The summed E-state index contributed by atoms with van der Waals surface area (Å²) >= 11 is 0. The molecule has 2 aromatic carbocycles. The average molecular weight is 439 g/mol. The highest BCUT2D eigenvalue weighted by atomic mass is 16.5. The first-order valence-electron chi connectivity index (χ1n) is 11.5. The molecule has 0 saturated heterocycles. The molecule has 1 aliphatic rings. The molecule has 5 heteroatoms. The number of nitrogens with two attached hydrogens (primary N) is 1. The Morgan fingerprint density at radius 3 is 2.28 bits per heavy atom. The van der Waals surface area contributed by atoms with Crippen LogP contribution in [0.5, 0.6) is 5.75 Å². The van der Waals surface area contributed by atoms with Gasteiger partial charge in [0.1, 0.15) is 5.75 Å². The lowest BCUT2D eigenvalue weighted by Crippen LogP contribution is -2.26. The van der Waals surface area contributed by atoms with E-state index in [1.54, 1.807) is 20.1 Å². The molecule has 174 valence electrons. The Morgan fingerprint density at radius 1 is 1.06 bits per heavy atom. The summed E-state index contributed by atoms with van der Waals surface area (Å²) in [6.07, 6.45) is 5.22. The summed E-state index contributed by atoms with van der Waals surface area (Å²) in [6, 6.07) is 9.46. The molecule has 0 atom stereocenters. The maximum absolute atomic E-state index is 12.2. The van der Waals surface area contributed by atoms with Crippen LogP contribution in [0.3, 0.4) is 0 Å². The van der Waals surface area contributed by atoms with Crippen LogP contribution in [-0.4, -0.2) is 18.8 Å². The van der Waals surface area contributed by atoms with E-state index in [4.69, 9.17) is 10.5 Å². The topological polar surface area (TPSA) is 81.4 Å². The van der Waals surface area contributed by atoms with Gasteiger partial charge in [0, 0.05) is 28.9 Å². The van der Waals surface area contributed by atoms with Gasteiger partial charge in [0.05, 0.1) is 7.11 Å². The number of carbonyl (C=O) groups is 2. The van der Waals surface area contributed by atoms with Crippen molar-refractivity contribution in [1.82, 2.24) is 0 Å². The molecule has 1 aliphatic carbocycles. The molecular formula is C27H38N2O3. The summed E-state index contributed by atoms with van der Waals surface area (Å²) in [5, 5.41) is 3.01. The molecule has 0 spiro atoms. The van der Waals surface area contributed by atoms with E-state index < -0.39 is 0 Å². The first-order chi connectivity index (χ1) is 15.2. The fraction of sp³-hybridized carbons (Fsp3) is 0.481. The molecule has 1 fully saturated rings. The molecule has 3 rings (SSSR count). The van der Waals surface area contributed by atoms with Gasteiger partial charge in [-0.1, -0.05) is 19.9 Å². The summed E-state index contributed by atoms with van der Waals surface area (Å²) in [5.74, 6) is 1.99. The predicted octanol–water partition coefficient (Wildman–Crippen LogP) is 6.11. The van der Waals surface area contributed by atoms with E-state index in [2.05, 4.69) is 12.2 Å². The number of Topliss-reactive ketones (excluding diaryl/α,β-unsaturated/α-hetero) is 1. The molecule has 0 bridgehead atoms. The second-order valence-electron chi connectivity index (χ2n) is 8.90. The number of hydrogen-bond donors (Lipinski definition) is 2. The first kappa shape index (κ1) is 25.4. The van der Waals surface area contributed by atoms with Crippen LogP contribution in [0.2, 0.25) is 0 Å². The summed E-state index contributed by atoms with van der Waals surface area (Å²) < 4.78 is 5.28. The number of benzene rings is 2. The van der Waals surface area contributed by atoms with E-state index in [1.165, 1.54) is 0 Å². The summed E-state index contributed by atoms with van der Waals surface area (Å²) in [6.45, 7) is 9.87. The van der Waals surface area contributed by atoms with Crippen molar-refractivity contribution < 1.29 is 14.3 Å². The van der Waals surface area contributed by atoms with E-state index in [1.807, 2.05) is 45.0 Å². The minimum absolute atomic E-state index is 0.0900. The number of methoxy groups -OCH3 is 1. The molecule has 2 aromatic rings. The van der Waals surface area contributed by atoms with Gasteiger partial charge in [-0.25, -0.2) is 0 Å². The van der Waals surface area contributed by atoms with E-state index in [0.29, 0.717) is 5.69 Å². The molecule has 1 amide bonds. The van der Waals surface area contributed by atoms with Crippen LogP contribution < -0.4 is 15.8 Å². The Morgan fingerprint density at radius 2 is 1.72 bits per heavy atom. The Bertz CT molecular complexity index is 944. The van der Waals surface area contributed by atoms with Crippen LogP contribution in [-0.2, 0) is 11.2 Å². The van der Waals surface area contributed by atoms with Gasteiger partial charge in [0.15, 0.2) is 5.78 Å². The van der Waals surface area contributed by atoms with Crippen molar-refractivity contribution in [2.45, 2.75) is 66.7 Å². The third-order valence-corrected chi connectivity index (χ3v) is 6.29. The van der Waals surface area contributed by atoms with Crippen LogP contribution >= 0.6 is 0 Å². The zero-order valence-corrected chi connectivity index (χ0v) is 20.4. The molecule has 1 saturated carbocycles. The number of nitrogen functional groups attached to an aromatic ring is 1. The van der Waals surface area contributed by atoms with Crippen molar-refractivity contribution in [2.24, 2.45) is 11.8 Å². The Balaban J connectivity index is 0.000000244. The van der Waals surface area contributed by atoms with E-state index in [9.17, 15) is 9.59 Å². The first-order valence-corrected chi connectivity index (χ1v) is 11.5. The zero-order chi connectivity index (χ0) is 23.8. The number of ketones is 1. The van der Waals surface area contributed by atoms with Crippen molar-refractivity contribution in [3.05, 3.63) is 52.6 Å². The Hall–Kier alpha value is -2.82. The molecule has 0 aliphatic heterocycles. The monoisotopic (exact) mass is 438 g/mol. The number of anilines is 2. The van der Waals surface area contributed by atoms with Gasteiger partial charge in [0.2, 0.25) is 5.91 Å². The lowest BCUT2D eigenvalue weighted by molar-refractivity contribution is -0.121. The lowest BCUT2D eigenvalue weighted by atomic mass is 9.82. The van der Waals surface area contributed by atoms with Crippen LogP contribution in [0.4, 0.5) is 11.4 Å². The molecule has 0 unspecified atom stereocenters. The molecule has 5 nitrogen and oxygen atoms in total. The van der Waals surface area contributed by atoms with Gasteiger partial charge in [-0.05, 0) is 93.7 Å². The summed E-state index contributed by atoms with van der Waals surface area (Å²) in [7, 11) is 1.65. The minimum atomic E-state index is 0.0900. The van der Waals surface area contributed by atoms with Crippen molar-refractivity contribution in [3.63, 3.8) is 0 Å². The standard InChI is InChI=1S/C16H23NO2.C11H15NO/c1-11-4-7-13(8-5-11)16(18)17-14-9-6-12(2)15(10-14)19-3;1-4-10-7(2)5-9(12)6-11(10)8(3)13/h6,9-11,13H,4-5,7-8H2,1-3H3,(H,17,18);5-6H,4,12H2,1-3H3. The SMILES string of the molecule is CCc1c(C)cc(N)cc1C(C)=O.COc1cc(NC(=O)C2CCC(C)CC2)ccc1C. The van der Waals surface area contributed by atoms with E-state index in [-0.39, 0.29) is 17.6 Å². The average Bonchev–Trinajstić information content (AvgIpc) is 2.75. The smallest absolute Gasteiger partial charge is 0.227 e. The number of hydrogen-bond acceptors (Lipinski definition) is 4. The second-order valence-corrected chi connectivity index (χ2v) is 8.90. The minimum Gasteiger partial charge on any atom is -0.496 e. The predicted molar refractivity (Wildman–Crippen MR) is 132 cm³/mol. The third-order valence-electron chi connectivity index (χ3n) is 6.29. The van der Waals surface area contributed by atoms with Crippen molar-refractivity contribution in [3.8, 4) is 5.75 Å². The number of nitrogens with one attached hydrogen (secondary N) is 1. The Labute approximate surface area is 192 Å². The number of ether oxygens (including phenoxy) is 1. The number of rotatable bonds is 5. The number of carbonyl (C=O) groups excluding carboxylic acids is 2. The van der Waals surface area contributed by atoms with Gasteiger partial charge in [0.25, 0.3) is 0 Å². The third kappa shape index (κ3) is 6.84. The van der Waals surface area contributed by atoms with Gasteiger partial charge < -0.3 is 15.8 Å². The highest BCUT2D eigenvalue weighted by molar-refractivity contribution is 5.96. The fourth-order valence-electron chi connectivity index (χ4n) is 4.29. The number of aryl methyl sites for hydroxylation is 2. The summed E-state index contributed by atoms with van der Waals surface area (Å²) in [4.78, 5) is 23.5. The highest BCUT2D eigenvalue weighted by Crippen LogP contribution is 2.30. The van der Waals surface area contributed by atoms with E-state index >= 15 is 0 Å². The van der Waals surface area contributed by atoms with E-state index in [0.717, 1.165) is 71.7 Å². The Kier molecular flexibility index (Phi) is 9.30. The zero-order valence-electron chi connectivity index (χ0n) is 20.4. The molecule has 0 heterocycles. The summed E-state index contributed by atoms with van der Waals surface area (Å²) in [5.41, 5.74) is 11.2. The molecule has 0 radical (unpaired) electrons. The molecule has 32 heavy (non-hydrogen) atoms. The molecule has 3 N–H and O–H groups in total. The van der Waals surface area contributed by atoms with Crippen molar-refractivity contribution in [2.75, 3.05) is 18.2 Å².